The van der Waals surface area contributed by atoms with Crippen LogP contribution in [0.5, 0.6) is 0 Å². The van der Waals surface area contributed by atoms with E-state index in [1.807, 2.05) is 18.2 Å². The molecule has 1 saturated carbocycles. The monoisotopic (exact) mass is 372 g/mol. The van der Waals surface area contributed by atoms with Crippen molar-refractivity contribution in [2.75, 3.05) is 0 Å². The van der Waals surface area contributed by atoms with Gasteiger partial charge in [0.15, 0.2) is 5.78 Å². The van der Waals surface area contributed by atoms with Crippen molar-refractivity contribution in [3.63, 3.8) is 0 Å². The molecule has 2 aliphatic carbocycles. The van der Waals surface area contributed by atoms with E-state index in [1.165, 1.54) is 12.1 Å². The van der Waals surface area contributed by atoms with Gasteiger partial charge in [-0.25, -0.2) is 0 Å². The van der Waals surface area contributed by atoms with Crippen molar-refractivity contribution in [2.24, 2.45) is 10.9 Å². The summed E-state index contributed by atoms with van der Waals surface area (Å²) in [6.07, 6.45) is 1.89. The van der Waals surface area contributed by atoms with Crippen molar-refractivity contribution in [1.29, 1.82) is 0 Å². The van der Waals surface area contributed by atoms with E-state index in [4.69, 9.17) is 4.99 Å². The van der Waals surface area contributed by atoms with E-state index in [0.717, 1.165) is 17.7 Å². The molecule has 0 aromatic heterocycles. The molecular weight excluding hydrogens is 356 g/mol. The zero-order valence-corrected chi connectivity index (χ0v) is 14.9. The highest BCUT2D eigenvalue weighted by Crippen LogP contribution is 2.50. The zero-order chi connectivity index (χ0) is 19.4. The van der Waals surface area contributed by atoms with E-state index in [0.29, 0.717) is 35.2 Å². The van der Waals surface area contributed by atoms with Gasteiger partial charge in [-0.15, -0.1) is 0 Å². The SMILES string of the molecule is O=C1C2=C(N=C3CCCC(=O)C3[C@H]2c2cccc([N+](=O)[O-])c2)c2ccccc21. The number of nitro benzene ring substituents is 1. The Morgan fingerprint density at radius 3 is 2.54 bits per heavy atom. The van der Waals surface area contributed by atoms with Gasteiger partial charge in [-0.3, -0.25) is 24.7 Å². The van der Waals surface area contributed by atoms with Gasteiger partial charge in [-0.1, -0.05) is 36.4 Å². The summed E-state index contributed by atoms with van der Waals surface area (Å²) in [5.41, 5.74) is 3.84. The lowest BCUT2D eigenvalue weighted by Crippen LogP contribution is -2.37. The van der Waals surface area contributed by atoms with Crippen LogP contribution in [0, 0.1) is 16.0 Å². The van der Waals surface area contributed by atoms with Gasteiger partial charge >= 0.3 is 0 Å². The van der Waals surface area contributed by atoms with E-state index in [-0.39, 0.29) is 17.3 Å². The van der Waals surface area contributed by atoms with Crippen LogP contribution in [0.4, 0.5) is 5.69 Å². The number of carbonyl (C=O) groups is 2. The molecule has 3 aliphatic rings. The van der Waals surface area contributed by atoms with E-state index >= 15 is 0 Å². The van der Waals surface area contributed by atoms with Crippen LogP contribution < -0.4 is 0 Å². The quantitative estimate of drug-likeness (QED) is 0.586. The van der Waals surface area contributed by atoms with Gasteiger partial charge < -0.3 is 0 Å². The molecule has 6 nitrogen and oxygen atoms in total. The normalized spacial score (nSPS) is 23.1. The van der Waals surface area contributed by atoms with Crippen molar-refractivity contribution < 1.29 is 14.5 Å². The number of allylic oxidation sites excluding steroid dienone is 1. The summed E-state index contributed by atoms with van der Waals surface area (Å²) in [5.74, 6) is -1.14. The predicted octanol–water partition coefficient (Wildman–Crippen LogP) is 4.11. The van der Waals surface area contributed by atoms with Crippen LogP contribution >= 0.6 is 0 Å². The lowest BCUT2D eigenvalue weighted by molar-refractivity contribution is -0.384. The molecule has 6 heteroatoms. The smallest absolute Gasteiger partial charge is 0.269 e. The average molecular weight is 372 g/mol. The molecule has 0 radical (unpaired) electrons. The number of non-ortho nitro benzene ring substituents is 1. The van der Waals surface area contributed by atoms with E-state index in [9.17, 15) is 19.7 Å². The number of benzene rings is 2. The van der Waals surface area contributed by atoms with Crippen LogP contribution in [0.1, 0.15) is 46.7 Å². The Kier molecular flexibility index (Phi) is 3.62. The van der Waals surface area contributed by atoms with Gasteiger partial charge in [-0.2, -0.15) is 0 Å². The average Bonchev–Trinajstić information content (AvgIpc) is 2.99. The molecule has 0 N–H and O–H groups in total. The third-order valence-electron chi connectivity index (χ3n) is 5.83. The number of nitrogens with zero attached hydrogens (tertiary/aromatic N) is 2. The van der Waals surface area contributed by atoms with Crippen LogP contribution in [-0.2, 0) is 4.79 Å². The lowest BCUT2D eigenvalue weighted by atomic mass is 9.69. The van der Waals surface area contributed by atoms with E-state index in [1.54, 1.807) is 18.2 Å². The number of fused-ring (bicyclic) bond motifs is 3. The summed E-state index contributed by atoms with van der Waals surface area (Å²) in [4.78, 5) is 41.7. The number of rotatable bonds is 2. The lowest BCUT2D eigenvalue weighted by Gasteiger charge is -2.34. The zero-order valence-electron chi connectivity index (χ0n) is 14.9. The molecule has 0 bridgehead atoms. The minimum atomic E-state index is -0.532. The summed E-state index contributed by atoms with van der Waals surface area (Å²) in [7, 11) is 0. The highest BCUT2D eigenvalue weighted by molar-refractivity contribution is 6.25. The van der Waals surface area contributed by atoms with Gasteiger partial charge in [0.25, 0.3) is 5.69 Å². The first kappa shape index (κ1) is 16.7. The summed E-state index contributed by atoms with van der Waals surface area (Å²) >= 11 is 0. The van der Waals surface area contributed by atoms with Crippen LogP contribution in [0.2, 0.25) is 0 Å². The molecule has 2 aromatic rings. The van der Waals surface area contributed by atoms with Gasteiger partial charge in [0, 0.05) is 46.9 Å². The molecule has 5 rings (SSSR count). The number of Topliss-reactive ketones (excluding diaryl/α,β-unsaturated/α-hetero) is 2. The molecule has 2 atom stereocenters. The van der Waals surface area contributed by atoms with Gasteiger partial charge in [0.1, 0.15) is 5.78 Å². The summed E-state index contributed by atoms with van der Waals surface area (Å²) < 4.78 is 0. The molecule has 28 heavy (non-hydrogen) atoms. The summed E-state index contributed by atoms with van der Waals surface area (Å²) in [6.45, 7) is 0. The Labute approximate surface area is 160 Å². The summed E-state index contributed by atoms with van der Waals surface area (Å²) in [5, 5.41) is 11.3. The van der Waals surface area contributed by atoms with Crippen LogP contribution in [0.15, 0.2) is 59.1 Å². The van der Waals surface area contributed by atoms with Crippen molar-refractivity contribution in [3.8, 4) is 0 Å². The first-order valence-electron chi connectivity index (χ1n) is 9.29. The Morgan fingerprint density at radius 2 is 1.75 bits per heavy atom. The standard InChI is InChI=1S/C22H16N2O4/c25-17-10-4-9-16-19(17)18(12-5-3-6-13(11-12)24(27)28)20-21(23-16)14-7-1-2-8-15(14)22(20)26/h1-3,5-8,11,18-19H,4,9-10H2/t18-,19?/m1/s1. The largest absolute Gasteiger partial charge is 0.299 e. The van der Waals surface area contributed by atoms with Gasteiger partial charge in [0.05, 0.1) is 16.5 Å². The predicted molar refractivity (Wildman–Crippen MR) is 103 cm³/mol. The number of carbonyl (C=O) groups excluding carboxylic acids is 2. The molecule has 138 valence electrons. The molecule has 1 aliphatic heterocycles. The summed E-state index contributed by atoms with van der Waals surface area (Å²) in [6, 6.07) is 13.6. The second-order valence-electron chi connectivity index (χ2n) is 7.37. The molecule has 0 saturated heterocycles. The molecule has 1 heterocycles. The highest BCUT2D eigenvalue weighted by Gasteiger charge is 2.47. The van der Waals surface area contributed by atoms with Crippen molar-refractivity contribution in [2.45, 2.75) is 25.2 Å². The molecule has 0 spiro atoms. The molecule has 0 amide bonds. The molecule has 2 aromatic carbocycles. The number of ketones is 2. The number of hydrogen-bond acceptors (Lipinski definition) is 5. The van der Waals surface area contributed by atoms with Gasteiger partial charge in [-0.05, 0) is 18.4 Å². The Balaban J connectivity index is 1.75. The first-order valence-corrected chi connectivity index (χ1v) is 9.29. The number of aliphatic imine (C=N–C) groups is 1. The maximum Gasteiger partial charge on any atom is 0.269 e. The first-order chi connectivity index (χ1) is 13.6. The van der Waals surface area contributed by atoms with E-state index < -0.39 is 16.8 Å². The Bertz CT molecular complexity index is 1130. The molecule has 1 unspecified atom stereocenters. The third-order valence-corrected chi connectivity index (χ3v) is 5.83. The fourth-order valence-electron chi connectivity index (χ4n) is 4.64. The number of hydrogen-bond donors (Lipinski definition) is 0. The Hall–Kier alpha value is -3.41. The van der Waals surface area contributed by atoms with Crippen LogP contribution in [0.3, 0.4) is 0 Å². The second-order valence-corrected chi connectivity index (χ2v) is 7.37. The Morgan fingerprint density at radius 1 is 0.964 bits per heavy atom. The third kappa shape index (κ3) is 2.30. The highest BCUT2D eigenvalue weighted by atomic mass is 16.6. The van der Waals surface area contributed by atoms with E-state index in [2.05, 4.69) is 0 Å². The second kappa shape index (κ2) is 6.05. The fourth-order valence-corrected chi connectivity index (χ4v) is 4.64. The topological polar surface area (TPSA) is 89.6 Å². The van der Waals surface area contributed by atoms with Crippen molar-refractivity contribution in [3.05, 3.63) is 80.9 Å². The minimum absolute atomic E-state index is 0.0464. The van der Waals surface area contributed by atoms with Gasteiger partial charge in [0.2, 0.25) is 0 Å². The molecule has 1 fully saturated rings. The molecular formula is C22H16N2O4. The maximum absolute atomic E-state index is 13.2. The number of nitro groups is 1. The van der Waals surface area contributed by atoms with Crippen molar-refractivity contribution >= 4 is 28.7 Å². The van der Waals surface area contributed by atoms with Crippen LogP contribution in [0.25, 0.3) is 5.70 Å². The maximum atomic E-state index is 13.2. The van der Waals surface area contributed by atoms with Crippen molar-refractivity contribution in [1.82, 2.24) is 0 Å². The van der Waals surface area contributed by atoms with Crippen LogP contribution in [-0.4, -0.2) is 22.2 Å². The minimum Gasteiger partial charge on any atom is -0.299 e. The fraction of sp³-hybridized carbons (Fsp3) is 0.227.